The van der Waals surface area contributed by atoms with Gasteiger partial charge in [0.2, 0.25) is 5.91 Å². The molecule has 19 heavy (non-hydrogen) atoms. The highest BCUT2D eigenvalue weighted by atomic mass is 19.1. The second-order valence-corrected chi connectivity index (χ2v) is 5.36. The van der Waals surface area contributed by atoms with Gasteiger partial charge in [-0.1, -0.05) is 25.3 Å². The molecule has 1 saturated carbocycles. The fourth-order valence-electron chi connectivity index (χ4n) is 2.62. The van der Waals surface area contributed by atoms with E-state index >= 15 is 0 Å². The van der Waals surface area contributed by atoms with Crippen molar-refractivity contribution < 1.29 is 9.18 Å². The Morgan fingerprint density at radius 3 is 2.84 bits per heavy atom. The number of carbonyl (C=O) groups is 1. The van der Waals surface area contributed by atoms with Crippen LogP contribution in [0.15, 0.2) is 18.2 Å². The van der Waals surface area contributed by atoms with Crippen molar-refractivity contribution in [1.82, 2.24) is 0 Å². The van der Waals surface area contributed by atoms with Crippen molar-refractivity contribution in [3.05, 3.63) is 29.6 Å². The van der Waals surface area contributed by atoms with Crippen LogP contribution < -0.4 is 11.1 Å². The maximum atomic E-state index is 13.2. The Balaban J connectivity index is 2.09. The molecule has 0 spiro atoms. The zero-order valence-corrected chi connectivity index (χ0v) is 11.3. The number of halogens is 1. The molecule has 1 fully saturated rings. The average Bonchev–Trinajstić information content (AvgIpc) is 2.58. The lowest BCUT2D eigenvalue weighted by Gasteiger charge is -2.21. The number of nitrogens with two attached hydrogens (primary N) is 1. The third kappa shape index (κ3) is 3.53. The number of hydrogen-bond acceptors (Lipinski definition) is 2. The summed E-state index contributed by atoms with van der Waals surface area (Å²) in [5, 5.41) is 2.82. The highest BCUT2D eigenvalue weighted by Crippen LogP contribution is 2.24. The van der Waals surface area contributed by atoms with Gasteiger partial charge in [-0.15, -0.1) is 0 Å². The number of anilines is 1. The number of carbonyl (C=O) groups excluding carboxylic acids is 1. The minimum Gasteiger partial charge on any atom is -0.327 e. The Hall–Kier alpha value is -1.42. The molecule has 1 aliphatic rings. The zero-order valence-electron chi connectivity index (χ0n) is 11.3. The SMILES string of the molecule is Cc1ccc(F)cc1NC(=O)C1CCCCCC1N. The van der Waals surface area contributed by atoms with Crippen LogP contribution >= 0.6 is 0 Å². The number of benzene rings is 1. The van der Waals surface area contributed by atoms with Gasteiger partial charge in [0.05, 0.1) is 5.92 Å². The van der Waals surface area contributed by atoms with Crippen molar-refractivity contribution in [1.29, 1.82) is 0 Å². The predicted octanol–water partition coefficient (Wildman–Crippen LogP) is 2.98. The van der Waals surface area contributed by atoms with Crippen molar-refractivity contribution in [2.24, 2.45) is 11.7 Å². The quantitative estimate of drug-likeness (QED) is 0.807. The van der Waals surface area contributed by atoms with Gasteiger partial charge >= 0.3 is 0 Å². The summed E-state index contributed by atoms with van der Waals surface area (Å²) in [4.78, 5) is 12.3. The standard InChI is InChI=1S/C15H21FN2O/c1-10-7-8-11(16)9-14(10)18-15(19)12-5-3-2-4-6-13(12)17/h7-9,12-13H,2-6,17H2,1H3,(H,18,19). The Labute approximate surface area is 113 Å². The van der Waals surface area contributed by atoms with E-state index in [9.17, 15) is 9.18 Å². The molecule has 1 aromatic carbocycles. The number of amides is 1. The molecule has 3 nitrogen and oxygen atoms in total. The third-order valence-electron chi connectivity index (χ3n) is 3.86. The molecule has 0 saturated heterocycles. The Morgan fingerprint density at radius 2 is 2.05 bits per heavy atom. The molecule has 1 aromatic rings. The largest absolute Gasteiger partial charge is 0.327 e. The average molecular weight is 264 g/mol. The summed E-state index contributed by atoms with van der Waals surface area (Å²) in [6.07, 6.45) is 4.97. The van der Waals surface area contributed by atoms with Crippen LogP contribution in [-0.4, -0.2) is 11.9 Å². The minimum absolute atomic E-state index is 0.0805. The van der Waals surface area contributed by atoms with Gasteiger partial charge < -0.3 is 11.1 Å². The second-order valence-electron chi connectivity index (χ2n) is 5.36. The maximum absolute atomic E-state index is 13.2. The number of nitrogens with one attached hydrogen (secondary N) is 1. The van der Waals surface area contributed by atoms with Crippen molar-refractivity contribution >= 4 is 11.6 Å². The second kappa shape index (κ2) is 6.15. The summed E-state index contributed by atoms with van der Waals surface area (Å²) in [6, 6.07) is 4.33. The van der Waals surface area contributed by atoms with E-state index in [1.54, 1.807) is 6.07 Å². The molecule has 0 aromatic heterocycles. The Kier molecular flexibility index (Phi) is 4.53. The van der Waals surface area contributed by atoms with Gasteiger partial charge in [-0.05, 0) is 37.5 Å². The minimum atomic E-state index is -0.342. The lowest BCUT2D eigenvalue weighted by atomic mass is 9.94. The van der Waals surface area contributed by atoms with Crippen LogP contribution in [-0.2, 0) is 4.79 Å². The van der Waals surface area contributed by atoms with E-state index in [4.69, 9.17) is 5.73 Å². The van der Waals surface area contributed by atoms with Crippen molar-refractivity contribution in [2.45, 2.75) is 45.1 Å². The third-order valence-corrected chi connectivity index (χ3v) is 3.86. The lowest BCUT2D eigenvalue weighted by Crippen LogP contribution is -2.37. The van der Waals surface area contributed by atoms with Gasteiger partial charge in [-0.2, -0.15) is 0 Å². The van der Waals surface area contributed by atoms with Gasteiger partial charge in [0.25, 0.3) is 0 Å². The van der Waals surface area contributed by atoms with E-state index in [1.165, 1.54) is 12.1 Å². The van der Waals surface area contributed by atoms with Crippen LogP contribution in [0.3, 0.4) is 0 Å². The van der Waals surface area contributed by atoms with E-state index in [0.717, 1.165) is 37.7 Å². The molecule has 1 aliphatic carbocycles. The smallest absolute Gasteiger partial charge is 0.229 e. The highest BCUT2D eigenvalue weighted by Gasteiger charge is 2.27. The summed E-state index contributed by atoms with van der Waals surface area (Å²) in [7, 11) is 0. The van der Waals surface area contributed by atoms with Gasteiger partial charge in [0.1, 0.15) is 5.82 Å². The normalized spacial score (nSPS) is 23.7. The summed E-state index contributed by atoms with van der Waals surface area (Å²) in [5.41, 5.74) is 7.47. The monoisotopic (exact) mass is 264 g/mol. The fourth-order valence-corrected chi connectivity index (χ4v) is 2.62. The lowest BCUT2D eigenvalue weighted by molar-refractivity contribution is -0.120. The van der Waals surface area contributed by atoms with Crippen molar-refractivity contribution in [2.75, 3.05) is 5.32 Å². The van der Waals surface area contributed by atoms with E-state index in [1.807, 2.05) is 6.92 Å². The van der Waals surface area contributed by atoms with Crippen LogP contribution in [0.5, 0.6) is 0 Å². The maximum Gasteiger partial charge on any atom is 0.229 e. The molecule has 104 valence electrons. The molecular weight excluding hydrogens is 243 g/mol. The van der Waals surface area contributed by atoms with Crippen LogP contribution in [0.4, 0.5) is 10.1 Å². The van der Waals surface area contributed by atoms with E-state index in [-0.39, 0.29) is 23.7 Å². The number of hydrogen-bond donors (Lipinski definition) is 2. The molecule has 0 radical (unpaired) electrons. The molecular formula is C15H21FN2O. The first-order valence-electron chi connectivity index (χ1n) is 6.90. The van der Waals surface area contributed by atoms with Gasteiger partial charge in [0.15, 0.2) is 0 Å². The zero-order chi connectivity index (χ0) is 13.8. The summed E-state index contributed by atoms with van der Waals surface area (Å²) in [5.74, 6) is -0.584. The van der Waals surface area contributed by atoms with Crippen LogP contribution in [0.1, 0.15) is 37.7 Å². The molecule has 3 N–H and O–H groups in total. The van der Waals surface area contributed by atoms with Crippen molar-refractivity contribution in [3.8, 4) is 0 Å². The van der Waals surface area contributed by atoms with Gasteiger partial charge in [-0.3, -0.25) is 4.79 Å². The molecule has 4 heteroatoms. The molecule has 1 amide bonds. The van der Waals surface area contributed by atoms with Crippen molar-refractivity contribution in [3.63, 3.8) is 0 Å². The first-order chi connectivity index (χ1) is 9.08. The molecule has 0 bridgehead atoms. The summed E-state index contributed by atoms with van der Waals surface area (Å²) >= 11 is 0. The molecule has 2 rings (SSSR count). The first kappa shape index (κ1) is 14.0. The molecule has 2 unspecified atom stereocenters. The molecule has 2 atom stereocenters. The molecule has 0 heterocycles. The molecule has 0 aliphatic heterocycles. The topological polar surface area (TPSA) is 55.1 Å². The van der Waals surface area contributed by atoms with E-state index in [0.29, 0.717) is 5.69 Å². The van der Waals surface area contributed by atoms with Gasteiger partial charge in [-0.25, -0.2) is 4.39 Å². The van der Waals surface area contributed by atoms with Crippen LogP contribution in [0, 0.1) is 18.7 Å². The Bertz CT molecular complexity index is 461. The predicted molar refractivity (Wildman–Crippen MR) is 74.3 cm³/mol. The first-order valence-corrected chi connectivity index (χ1v) is 6.90. The fraction of sp³-hybridized carbons (Fsp3) is 0.533. The summed E-state index contributed by atoms with van der Waals surface area (Å²) < 4.78 is 13.2. The van der Waals surface area contributed by atoms with E-state index < -0.39 is 0 Å². The number of aryl methyl sites for hydroxylation is 1. The summed E-state index contributed by atoms with van der Waals surface area (Å²) in [6.45, 7) is 1.85. The van der Waals surface area contributed by atoms with Gasteiger partial charge in [0, 0.05) is 11.7 Å². The van der Waals surface area contributed by atoms with E-state index in [2.05, 4.69) is 5.32 Å². The van der Waals surface area contributed by atoms with Crippen LogP contribution in [0.2, 0.25) is 0 Å². The Morgan fingerprint density at radius 1 is 1.32 bits per heavy atom. The van der Waals surface area contributed by atoms with Crippen LogP contribution in [0.25, 0.3) is 0 Å². The highest BCUT2D eigenvalue weighted by molar-refractivity contribution is 5.93. The number of rotatable bonds is 2.